The van der Waals surface area contributed by atoms with Crippen LogP contribution >= 0.6 is 12.2 Å². The molecule has 0 aromatic carbocycles. The van der Waals surface area contributed by atoms with Gasteiger partial charge in [0.05, 0.1) is 29.9 Å². The first-order valence-corrected chi connectivity index (χ1v) is 11.8. The summed E-state index contributed by atoms with van der Waals surface area (Å²) >= 11 is 4.98. The smallest absolute Gasteiger partial charge is 0.410 e. The number of aromatic nitrogens is 2. The van der Waals surface area contributed by atoms with Crippen molar-refractivity contribution in [1.82, 2.24) is 20.2 Å². The van der Waals surface area contributed by atoms with Crippen LogP contribution in [0.4, 0.5) is 23.7 Å². The molecule has 0 saturated carbocycles. The van der Waals surface area contributed by atoms with Crippen molar-refractivity contribution in [2.45, 2.75) is 58.0 Å². The van der Waals surface area contributed by atoms with Crippen LogP contribution in [0.5, 0.6) is 0 Å². The third kappa shape index (κ3) is 5.24. The predicted molar refractivity (Wildman–Crippen MR) is 129 cm³/mol. The van der Waals surface area contributed by atoms with E-state index in [1.165, 1.54) is 11.1 Å². The van der Waals surface area contributed by atoms with E-state index in [1.807, 2.05) is 0 Å². The molecule has 0 bridgehead atoms. The van der Waals surface area contributed by atoms with Crippen molar-refractivity contribution >= 4 is 34.9 Å². The number of nitrogens with one attached hydrogen (secondary N) is 2. The molecule has 8 nitrogen and oxygen atoms in total. The molecule has 2 amide bonds. The highest BCUT2D eigenvalue weighted by molar-refractivity contribution is 7.78. The van der Waals surface area contributed by atoms with Crippen LogP contribution in [0.15, 0.2) is 36.4 Å². The summed E-state index contributed by atoms with van der Waals surface area (Å²) in [7, 11) is 0. The number of pyridine rings is 1. The highest BCUT2D eigenvalue weighted by Gasteiger charge is 2.47. The van der Waals surface area contributed by atoms with Gasteiger partial charge in [0.25, 0.3) is 5.91 Å². The number of fused-ring (bicyclic) bond motifs is 1. The minimum Gasteiger partial charge on any atom is -0.444 e. The van der Waals surface area contributed by atoms with Gasteiger partial charge in [0.2, 0.25) is 0 Å². The number of H-pyrrole nitrogens is 1. The molecule has 2 aromatic rings. The van der Waals surface area contributed by atoms with E-state index >= 15 is 0 Å². The predicted octanol–water partition coefficient (Wildman–Crippen LogP) is 4.85. The second kappa shape index (κ2) is 9.59. The van der Waals surface area contributed by atoms with Crippen molar-refractivity contribution < 1.29 is 27.5 Å². The second-order valence-electron chi connectivity index (χ2n) is 9.73. The molecule has 36 heavy (non-hydrogen) atoms. The molecule has 0 spiro atoms. The largest absolute Gasteiger partial charge is 0.444 e. The minimum absolute atomic E-state index is 0.118. The molecule has 2 aliphatic rings. The highest BCUT2D eigenvalue weighted by atomic mass is 32.1. The van der Waals surface area contributed by atoms with Gasteiger partial charge in [-0.3, -0.25) is 20.0 Å². The van der Waals surface area contributed by atoms with Gasteiger partial charge in [-0.25, -0.2) is 4.79 Å². The van der Waals surface area contributed by atoms with Crippen LogP contribution in [0, 0.1) is 5.92 Å². The Balaban J connectivity index is 1.73. The zero-order valence-electron chi connectivity index (χ0n) is 20.0. The molecule has 2 aromatic heterocycles. The van der Waals surface area contributed by atoms with Gasteiger partial charge in [-0.1, -0.05) is 6.07 Å². The van der Waals surface area contributed by atoms with E-state index in [2.05, 4.69) is 20.3 Å². The molecule has 0 aliphatic carbocycles. The van der Waals surface area contributed by atoms with E-state index in [4.69, 9.17) is 17.0 Å². The number of carbonyl (C=O) groups is 2. The first-order valence-electron chi connectivity index (χ1n) is 11.4. The van der Waals surface area contributed by atoms with Gasteiger partial charge < -0.3 is 14.6 Å². The molecular formula is C24H26F3N5O3S. The summed E-state index contributed by atoms with van der Waals surface area (Å²) < 4.78 is 46.7. The molecule has 4 rings (SSSR count). The summed E-state index contributed by atoms with van der Waals surface area (Å²) in [6, 6.07) is 4.14. The monoisotopic (exact) mass is 521 g/mol. The van der Waals surface area contributed by atoms with E-state index in [1.54, 1.807) is 50.1 Å². The summed E-state index contributed by atoms with van der Waals surface area (Å²) in [5, 5.41) is 5.20. The van der Waals surface area contributed by atoms with Crippen LogP contribution < -0.4 is 10.2 Å². The molecule has 1 saturated heterocycles. The lowest BCUT2D eigenvalue weighted by molar-refractivity contribution is -0.189. The van der Waals surface area contributed by atoms with Crippen LogP contribution in [0.1, 0.15) is 61.4 Å². The second-order valence-corrected chi connectivity index (χ2v) is 9.93. The topological polar surface area (TPSA) is 90.6 Å². The summed E-state index contributed by atoms with van der Waals surface area (Å²) in [6.45, 7) is 5.11. The number of thiocarbonyl (C=S) groups is 1. The Morgan fingerprint density at radius 1 is 1.31 bits per heavy atom. The number of amides is 2. The fraction of sp³-hybridized carbons (Fsp3) is 0.458. The molecule has 12 heteroatoms. The Morgan fingerprint density at radius 3 is 2.72 bits per heavy atom. The summed E-state index contributed by atoms with van der Waals surface area (Å²) in [4.78, 5) is 35.7. The third-order valence-corrected chi connectivity index (χ3v) is 6.30. The molecule has 192 valence electrons. The van der Waals surface area contributed by atoms with Crippen molar-refractivity contribution in [3.05, 3.63) is 53.4 Å². The van der Waals surface area contributed by atoms with E-state index in [9.17, 15) is 22.8 Å². The zero-order chi connectivity index (χ0) is 26.3. The Hall–Kier alpha value is -3.37. The van der Waals surface area contributed by atoms with Gasteiger partial charge in [-0.15, -0.1) is 0 Å². The Morgan fingerprint density at radius 2 is 2.06 bits per heavy atom. The molecule has 2 N–H and O–H groups in total. The third-order valence-electron chi connectivity index (χ3n) is 6.10. The Bertz CT molecular complexity index is 1220. The van der Waals surface area contributed by atoms with E-state index in [-0.39, 0.29) is 37.7 Å². The van der Waals surface area contributed by atoms with Crippen LogP contribution in [-0.4, -0.2) is 50.2 Å². The number of rotatable bonds is 3. The maximum atomic E-state index is 13.7. The van der Waals surface area contributed by atoms with Crippen molar-refractivity contribution in [2.24, 2.45) is 5.92 Å². The number of hydrogen-bond acceptors (Lipinski definition) is 6. The van der Waals surface area contributed by atoms with Crippen LogP contribution in [0.2, 0.25) is 0 Å². The number of carbonyl (C=O) groups excluding carboxylic acids is 2. The standard InChI is InChI=1S/C24H26F3N5O3S/c1-23(2,3)35-22(34)31-10-7-15(24(25,26)27)11-17(31)19-14(5-4-8-28-19)12-32-16-6-9-29-20(16)21(33)30-18(32)13-36/h4-6,8-9,15,17,29H,7,10-12H2,1-3H3,(H,30,33). The molecule has 1 fully saturated rings. The number of piperidine rings is 1. The zero-order valence-corrected chi connectivity index (χ0v) is 20.8. The van der Waals surface area contributed by atoms with Crippen molar-refractivity contribution in [2.75, 3.05) is 11.4 Å². The fourth-order valence-corrected chi connectivity index (χ4v) is 4.65. The maximum absolute atomic E-state index is 13.7. The first kappa shape index (κ1) is 25.7. The number of alkyl halides is 3. The maximum Gasteiger partial charge on any atom is 0.410 e. The van der Waals surface area contributed by atoms with Crippen molar-refractivity contribution in [1.29, 1.82) is 0 Å². The van der Waals surface area contributed by atoms with Gasteiger partial charge >= 0.3 is 12.3 Å². The number of ether oxygens (including phenoxy) is 1. The van der Waals surface area contributed by atoms with Gasteiger partial charge in [0.1, 0.15) is 11.3 Å². The number of likely N-dealkylation sites (tertiary alicyclic amines) is 1. The van der Waals surface area contributed by atoms with Crippen molar-refractivity contribution in [3.8, 4) is 0 Å². The average Bonchev–Trinajstić information content (AvgIpc) is 3.30. The van der Waals surface area contributed by atoms with E-state index in [0.717, 1.165) is 0 Å². The summed E-state index contributed by atoms with van der Waals surface area (Å²) in [5.41, 5.74) is 0.951. The van der Waals surface area contributed by atoms with Crippen LogP contribution in [0.3, 0.4) is 0 Å². The number of aromatic amines is 1. The number of anilines is 1. The molecule has 0 radical (unpaired) electrons. The van der Waals surface area contributed by atoms with Crippen LogP contribution in [0.25, 0.3) is 0 Å². The number of nitrogens with zero attached hydrogens (tertiary/aromatic N) is 3. The lowest BCUT2D eigenvalue weighted by Crippen LogP contribution is -2.47. The summed E-state index contributed by atoms with van der Waals surface area (Å²) in [5.74, 6) is -1.72. The SMILES string of the molecule is CC(C)(C)OC(=O)N1CCC(C(F)(F)F)CC1c1ncccc1CN1C(=C=S)NC(=O)c2[nH]ccc21. The summed E-state index contributed by atoms with van der Waals surface area (Å²) in [6.07, 6.45) is -2.56. The minimum atomic E-state index is -4.41. The lowest BCUT2D eigenvalue weighted by Gasteiger charge is -2.41. The average molecular weight is 522 g/mol. The molecule has 2 aliphatic heterocycles. The van der Waals surface area contributed by atoms with Crippen molar-refractivity contribution in [3.63, 3.8) is 0 Å². The Kier molecular flexibility index (Phi) is 6.85. The molecule has 4 heterocycles. The molecular weight excluding hydrogens is 495 g/mol. The lowest BCUT2D eigenvalue weighted by atomic mass is 9.87. The quantitative estimate of drug-likeness (QED) is 0.562. The van der Waals surface area contributed by atoms with Gasteiger partial charge in [0.15, 0.2) is 5.82 Å². The van der Waals surface area contributed by atoms with Gasteiger partial charge in [-0.2, -0.15) is 13.2 Å². The molecule has 2 unspecified atom stereocenters. The van der Waals surface area contributed by atoms with Crippen LogP contribution in [-0.2, 0) is 11.3 Å². The highest BCUT2D eigenvalue weighted by Crippen LogP contribution is 2.43. The number of hydrogen-bond donors (Lipinski definition) is 2. The number of halogens is 3. The fourth-order valence-electron chi connectivity index (χ4n) is 4.49. The first-order chi connectivity index (χ1) is 16.9. The molecule has 2 atom stereocenters. The Labute approximate surface area is 211 Å². The van der Waals surface area contributed by atoms with E-state index < -0.39 is 29.8 Å². The van der Waals surface area contributed by atoms with Gasteiger partial charge in [-0.05, 0) is 68.5 Å². The van der Waals surface area contributed by atoms with Gasteiger partial charge in [0, 0.05) is 18.9 Å². The van der Waals surface area contributed by atoms with E-state index in [0.29, 0.717) is 22.6 Å². The normalized spacial score (nSPS) is 20.5.